The van der Waals surface area contributed by atoms with Crippen molar-refractivity contribution in [2.45, 2.75) is 13.5 Å². The Hall–Kier alpha value is -1.11. The van der Waals surface area contributed by atoms with Gasteiger partial charge < -0.3 is 15.3 Å². The highest BCUT2D eigenvalue weighted by molar-refractivity contribution is 7.15. The quantitative estimate of drug-likeness (QED) is 0.805. The molecule has 0 aliphatic heterocycles. The molecule has 17 heavy (non-hydrogen) atoms. The van der Waals surface area contributed by atoms with Crippen molar-refractivity contribution in [3.8, 4) is 0 Å². The topological polar surface area (TPSA) is 52.8 Å². The maximum atomic E-state index is 9.09. The Morgan fingerprint density at radius 2 is 2.41 bits per heavy atom. The molecule has 0 saturated carbocycles. The van der Waals surface area contributed by atoms with Crippen LogP contribution in [0, 0.1) is 0 Å². The Kier molecular flexibility index (Phi) is 3.98. The molecule has 0 unspecified atom stereocenters. The van der Waals surface area contributed by atoms with E-state index < -0.39 is 0 Å². The minimum Gasteiger partial charge on any atom is -0.395 e. The van der Waals surface area contributed by atoms with Gasteiger partial charge in [-0.05, 0) is 14.0 Å². The van der Waals surface area contributed by atoms with E-state index in [4.69, 9.17) is 5.11 Å². The fourth-order valence-electron chi connectivity index (χ4n) is 1.94. The lowest BCUT2D eigenvalue weighted by Crippen LogP contribution is -2.28. The van der Waals surface area contributed by atoms with Crippen LogP contribution in [0.3, 0.4) is 0 Å². The molecular weight excluding hydrogens is 236 g/mol. The summed E-state index contributed by atoms with van der Waals surface area (Å²) >= 11 is 1.63. The highest BCUT2D eigenvalue weighted by Gasteiger charge is 2.16. The minimum atomic E-state index is 0.151. The highest BCUT2D eigenvalue weighted by Crippen LogP contribution is 2.24. The van der Waals surface area contributed by atoms with Crippen molar-refractivity contribution in [2.75, 3.05) is 31.6 Å². The number of aromatic nitrogens is 2. The minimum absolute atomic E-state index is 0.151. The maximum absolute atomic E-state index is 9.09. The van der Waals surface area contributed by atoms with Gasteiger partial charge in [-0.1, -0.05) is 0 Å². The van der Waals surface area contributed by atoms with Gasteiger partial charge in [-0.2, -0.15) is 0 Å². The molecule has 0 atom stereocenters. The summed E-state index contributed by atoms with van der Waals surface area (Å²) in [5, 5.41) is 14.3. The first-order valence-electron chi connectivity index (χ1n) is 5.76. The van der Waals surface area contributed by atoms with Crippen LogP contribution in [0.25, 0.3) is 4.96 Å². The number of nitrogens with zero attached hydrogens (tertiary/aromatic N) is 3. The lowest BCUT2D eigenvalue weighted by molar-refractivity contribution is 0.302. The van der Waals surface area contributed by atoms with Crippen molar-refractivity contribution < 1.29 is 5.11 Å². The Labute approximate surface area is 105 Å². The van der Waals surface area contributed by atoms with E-state index in [1.165, 1.54) is 0 Å². The smallest absolute Gasteiger partial charge is 0.195 e. The highest BCUT2D eigenvalue weighted by atomic mass is 32.1. The van der Waals surface area contributed by atoms with Crippen LogP contribution < -0.4 is 10.2 Å². The zero-order valence-electron chi connectivity index (χ0n) is 10.2. The summed E-state index contributed by atoms with van der Waals surface area (Å²) in [6.45, 7) is 4.47. The average Bonchev–Trinajstić information content (AvgIpc) is 2.89. The SMILES string of the molecule is CCN(CCO)c1nc2sccn2c1CNC. The largest absolute Gasteiger partial charge is 0.395 e. The molecule has 5 nitrogen and oxygen atoms in total. The fraction of sp³-hybridized carbons (Fsp3) is 0.545. The molecule has 2 rings (SSSR count). The number of thiazole rings is 1. The number of aliphatic hydroxyl groups is 1. The first-order chi connectivity index (χ1) is 8.31. The number of hydrogen-bond donors (Lipinski definition) is 2. The van der Waals surface area contributed by atoms with E-state index in [-0.39, 0.29) is 6.61 Å². The number of aliphatic hydroxyl groups excluding tert-OH is 1. The molecule has 2 aromatic heterocycles. The summed E-state index contributed by atoms with van der Waals surface area (Å²) in [7, 11) is 1.93. The Bertz CT molecular complexity index is 479. The third kappa shape index (κ3) is 2.29. The van der Waals surface area contributed by atoms with Gasteiger partial charge in [0.2, 0.25) is 0 Å². The Morgan fingerprint density at radius 3 is 3.06 bits per heavy atom. The second-order valence-corrected chi connectivity index (χ2v) is 4.64. The van der Waals surface area contributed by atoms with Crippen LogP contribution in [0.4, 0.5) is 5.82 Å². The molecular formula is C11H18N4OS. The number of rotatable bonds is 6. The second kappa shape index (κ2) is 5.48. The fourth-order valence-corrected chi connectivity index (χ4v) is 2.67. The standard InChI is InChI=1S/C11H18N4OS/c1-3-14(4-6-16)10-9(8-12-2)15-5-7-17-11(15)13-10/h5,7,12,16H,3-4,6,8H2,1-2H3. The van der Waals surface area contributed by atoms with E-state index >= 15 is 0 Å². The van der Waals surface area contributed by atoms with Crippen LogP contribution in [-0.2, 0) is 6.54 Å². The van der Waals surface area contributed by atoms with Crippen molar-refractivity contribution in [1.29, 1.82) is 0 Å². The van der Waals surface area contributed by atoms with Crippen LogP contribution in [0.5, 0.6) is 0 Å². The number of imidazole rings is 1. The van der Waals surface area contributed by atoms with E-state index in [2.05, 4.69) is 26.5 Å². The van der Waals surface area contributed by atoms with Gasteiger partial charge in [0.25, 0.3) is 0 Å². The average molecular weight is 254 g/mol. The van der Waals surface area contributed by atoms with Gasteiger partial charge in [-0.3, -0.25) is 4.40 Å². The van der Waals surface area contributed by atoms with Gasteiger partial charge >= 0.3 is 0 Å². The van der Waals surface area contributed by atoms with Crippen LogP contribution in [-0.4, -0.2) is 41.2 Å². The van der Waals surface area contributed by atoms with Crippen molar-refractivity contribution >= 4 is 22.1 Å². The van der Waals surface area contributed by atoms with E-state index in [0.717, 1.165) is 29.6 Å². The van der Waals surface area contributed by atoms with Crippen molar-refractivity contribution in [3.63, 3.8) is 0 Å². The number of nitrogens with one attached hydrogen (secondary N) is 1. The summed E-state index contributed by atoms with van der Waals surface area (Å²) in [6.07, 6.45) is 2.04. The maximum Gasteiger partial charge on any atom is 0.195 e. The summed E-state index contributed by atoms with van der Waals surface area (Å²) in [5.74, 6) is 0.975. The van der Waals surface area contributed by atoms with E-state index in [0.29, 0.717) is 6.54 Å². The zero-order chi connectivity index (χ0) is 12.3. The zero-order valence-corrected chi connectivity index (χ0v) is 11.0. The van der Waals surface area contributed by atoms with Gasteiger partial charge in [-0.25, -0.2) is 4.98 Å². The Balaban J connectivity index is 2.42. The third-order valence-corrected chi connectivity index (χ3v) is 3.49. The molecule has 0 bridgehead atoms. The first kappa shape index (κ1) is 12.3. The van der Waals surface area contributed by atoms with Crippen molar-refractivity contribution in [1.82, 2.24) is 14.7 Å². The molecule has 2 N–H and O–H groups in total. The molecule has 2 heterocycles. The van der Waals surface area contributed by atoms with Crippen LogP contribution in [0.15, 0.2) is 11.6 Å². The van der Waals surface area contributed by atoms with Crippen molar-refractivity contribution in [2.24, 2.45) is 0 Å². The Morgan fingerprint density at radius 1 is 1.59 bits per heavy atom. The second-order valence-electron chi connectivity index (χ2n) is 3.77. The number of anilines is 1. The molecule has 0 aliphatic carbocycles. The van der Waals surface area contributed by atoms with Gasteiger partial charge in [0.05, 0.1) is 12.3 Å². The third-order valence-electron chi connectivity index (χ3n) is 2.74. The number of likely N-dealkylation sites (N-methyl/N-ethyl adjacent to an activating group) is 1. The molecule has 0 radical (unpaired) electrons. The number of fused-ring (bicyclic) bond motifs is 1. The lowest BCUT2D eigenvalue weighted by atomic mass is 10.3. The summed E-state index contributed by atoms with van der Waals surface area (Å²) in [6, 6.07) is 0. The number of hydrogen-bond acceptors (Lipinski definition) is 5. The molecule has 0 saturated heterocycles. The van der Waals surface area contributed by atoms with E-state index in [9.17, 15) is 0 Å². The van der Waals surface area contributed by atoms with Gasteiger partial charge in [0, 0.05) is 31.2 Å². The van der Waals surface area contributed by atoms with Crippen molar-refractivity contribution in [3.05, 3.63) is 17.3 Å². The van der Waals surface area contributed by atoms with Gasteiger partial charge in [0.15, 0.2) is 10.8 Å². The molecule has 0 amide bonds. The summed E-state index contributed by atoms with van der Waals surface area (Å²) in [4.78, 5) is 7.74. The van der Waals surface area contributed by atoms with Crippen LogP contribution in [0.2, 0.25) is 0 Å². The summed E-state index contributed by atoms with van der Waals surface area (Å²) < 4.78 is 2.11. The molecule has 2 aromatic rings. The van der Waals surface area contributed by atoms with Crippen LogP contribution in [0.1, 0.15) is 12.6 Å². The molecule has 0 spiro atoms. The monoisotopic (exact) mass is 254 g/mol. The van der Waals surface area contributed by atoms with E-state index in [1.807, 2.05) is 18.6 Å². The first-order valence-corrected chi connectivity index (χ1v) is 6.64. The molecule has 94 valence electrons. The molecule has 0 aliphatic rings. The molecule has 0 fully saturated rings. The van der Waals surface area contributed by atoms with Gasteiger partial charge in [-0.15, -0.1) is 11.3 Å². The van der Waals surface area contributed by atoms with Crippen LogP contribution >= 0.6 is 11.3 Å². The summed E-state index contributed by atoms with van der Waals surface area (Å²) in [5.41, 5.74) is 1.15. The molecule has 6 heteroatoms. The predicted molar refractivity (Wildman–Crippen MR) is 70.8 cm³/mol. The lowest BCUT2D eigenvalue weighted by Gasteiger charge is -2.20. The predicted octanol–water partition coefficient (Wildman–Crippen LogP) is 0.934. The van der Waals surface area contributed by atoms with E-state index in [1.54, 1.807) is 11.3 Å². The molecule has 0 aromatic carbocycles. The normalized spacial score (nSPS) is 11.2. The van der Waals surface area contributed by atoms with Gasteiger partial charge in [0.1, 0.15) is 0 Å².